The van der Waals surface area contributed by atoms with Crippen molar-refractivity contribution >= 4 is 33.6 Å². The van der Waals surface area contributed by atoms with Crippen LogP contribution in [0.5, 0.6) is 0 Å². The van der Waals surface area contributed by atoms with Crippen LogP contribution < -0.4 is 0 Å². The molecule has 0 radical (unpaired) electrons. The highest BCUT2D eigenvalue weighted by molar-refractivity contribution is 8.74. The average molecular weight is 184 g/mol. The van der Waals surface area contributed by atoms with Crippen LogP contribution in [0.15, 0.2) is 0 Å². The van der Waals surface area contributed by atoms with E-state index in [2.05, 4.69) is 13.8 Å². The van der Waals surface area contributed by atoms with E-state index in [-0.39, 0.29) is 4.93 Å². The summed E-state index contributed by atoms with van der Waals surface area (Å²) in [6.45, 7) is 4.11. The van der Waals surface area contributed by atoms with Crippen LogP contribution in [0, 0.1) is 0 Å². The average Bonchev–Trinajstić information content (AvgIpc) is 1.84. The molecule has 0 aromatic carbocycles. The van der Waals surface area contributed by atoms with E-state index >= 15 is 0 Å². The van der Waals surface area contributed by atoms with Crippen LogP contribution in [-0.4, -0.2) is 17.4 Å². The summed E-state index contributed by atoms with van der Waals surface area (Å²) in [6.07, 6.45) is 4.04. The number of hydrogen-bond donors (Lipinski definition) is 0. The molecule has 0 atom stereocenters. The van der Waals surface area contributed by atoms with Crippen molar-refractivity contribution in [1.29, 1.82) is 0 Å². The fourth-order valence-electron chi connectivity index (χ4n) is 0.150. The third-order valence-corrected chi connectivity index (χ3v) is 3.20. The summed E-state index contributed by atoms with van der Waals surface area (Å²) in [6, 6.07) is 0. The molecule has 0 fully saturated rings. The van der Waals surface area contributed by atoms with Crippen LogP contribution >= 0.6 is 33.6 Å². The van der Waals surface area contributed by atoms with Gasteiger partial charge in [0.1, 0.15) is 4.93 Å². The maximum atomic E-state index is 5.37. The van der Waals surface area contributed by atoms with Gasteiger partial charge in [-0.3, -0.25) is 4.18 Å². The second kappa shape index (κ2) is 4.77. The predicted octanol–water partition coefficient (Wildman–Crippen LogP) is 3.03. The van der Waals surface area contributed by atoms with Crippen molar-refractivity contribution in [3.8, 4) is 0 Å². The van der Waals surface area contributed by atoms with Crippen molar-refractivity contribution in [2.24, 2.45) is 0 Å². The van der Waals surface area contributed by atoms with Gasteiger partial charge in [0.15, 0.2) is 0 Å². The molecule has 1 nitrogen and oxygen atoms in total. The zero-order valence-electron chi connectivity index (χ0n) is 6.13. The largest absolute Gasteiger partial charge is 0.288 e. The minimum Gasteiger partial charge on any atom is -0.288 e. The Morgan fingerprint density at radius 2 is 1.78 bits per heavy atom. The first kappa shape index (κ1) is 10.0. The molecule has 0 saturated heterocycles. The van der Waals surface area contributed by atoms with Crippen LogP contribution in [0.1, 0.15) is 13.8 Å². The van der Waals surface area contributed by atoms with Crippen LogP contribution in [0.25, 0.3) is 0 Å². The lowest BCUT2D eigenvalue weighted by atomic mass is 10.5. The SMILES string of the molecule is CSSOC(C)(C)SC. The first-order valence-corrected chi connectivity index (χ1v) is 6.27. The van der Waals surface area contributed by atoms with Crippen molar-refractivity contribution < 1.29 is 4.18 Å². The molecule has 0 bridgehead atoms. The Hall–Kier alpha value is 1.01. The van der Waals surface area contributed by atoms with E-state index in [1.54, 1.807) is 22.6 Å². The third-order valence-electron chi connectivity index (χ3n) is 0.794. The summed E-state index contributed by atoms with van der Waals surface area (Å²) in [5.74, 6) is 0. The second-order valence-corrected chi connectivity index (χ2v) is 5.36. The third kappa shape index (κ3) is 5.45. The topological polar surface area (TPSA) is 9.23 Å². The van der Waals surface area contributed by atoms with Gasteiger partial charge in [-0.15, -0.1) is 11.8 Å². The van der Waals surface area contributed by atoms with Gasteiger partial charge in [0.2, 0.25) is 0 Å². The molecule has 9 heavy (non-hydrogen) atoms. The molecular formula is C5H12OS3. The maximum absolute atomic E-state index is 5.37. The summed E-state index contributed by atoms with van der Waals surface area (Å²) in [5, 5.41) is 0. The van der Waals surface area contributed by atoms with Gasteiger partial charge >= 0.3 is 0 Å². The summed E-state index contributed by atoms with van der Waals surface area (Å²) < 4.78 is 5.37. The van der Waals surface area contributed by atoms with Crippen LogP contribution in [0.3, 0.4) is 0 Å². The van der Waals surface area contributed by atoms with Crippen molar-refractivity contribution in [3.05, 3.63) is 0 Å². The Morgan fingerprint density at radius 1 is 1.22 bits per heavy atom. The molecule has 56 valence electrons. The summed E-state index contributed by atoms with van der Waals surface area (Å²) in [5.41, 5.74) is 0. The van der Waals surface area contributed by atoms with E-state index in [0.717, 1.165) is 0 Å². The van der Waals surface area contributed by atoms with Gasteiger partial charge in [0.05, 0.1) is 11.1 Å². The van der Waals surface area contributed by atoms with Gasteiger partial charge in [-0.2, -0.15) is 0 Å². The smallest absolute Gasteiger partial charge is 0.123 e. The molecule has 0 N–H and O–H groups in total. The Bertz CT molecular complexity index is 74.6. The molecule has 0 aliphatic rings. The van der Waals surface area contributed by atoms with E-state index in [1.807, 2.05) is 12.5 Å². The van der Waals surface area contributed by atoms with Gasteiger partial charge in [-0.25, -0.2) is 0 Å². The van der Waals surface area contributed by atoms with E-state index in [9.17, 15) is 0 Å². The molecule has 0 spiro atoms. The van der Waals surface area contributed by atoms with Crippen molar-refractivity contribution in [2.45, 2.75) is 18.8 Å². The highest BCUT2D eigenvalue weighted by atomic mass is 33.1. The van der Waals surface area contributed by atoms with Crippen LogP contribution in [-0.2, 0) is 4.18 Å². The van der Waals surface area contributed by atoms with E-state index < -0.39 is 0 Å². The minimum atomic E-state index is -0.0479. The van der Waals surface area contributed by atoms with E-state index in [4.69, 9.17) is 4.18 Å². The first-order chi connectivity index (χ1) is 4.12. The molecule has 0 unspecified atom stereocenters. The Kier molecular flexibility index (Phi) is 5.30. The normalized spacial score (nSPS) is 12.0. The molecule has 4 heteroatoms. The summed E-state index contributed by atoms with van der Waals surface area (Å²) in [4.78, 5) is -0.0479. The summed E-state index contributed by atoms with van der Waals surface area (Å²) in [7, 11) is 1.62. The highest BCUT2D eigenvalue weighted by Crippen LogP contribution is 2.32. The lowest BCUT2D eigenvalue weighted by Crippen LogP contribution is -2.13. The molecule has 0 aromatic rings. The molecule has 0 saturated carbocycles. The quantitative estimate of drug-likeness (QED) is 0.377. The standard InChI is InChI=1S/C5H12OS3/c1-5(2,7-3)6-9-8-4/h1-4H3. The molecule has 0 rings (SSSR count). The van der Waals surface area contributed by atoms with Crippen molar-refractivity contribution in [2.75, 3.05) is 12.5 Å². The van der Waals surface area contributed by atoms with E-state index in [1.165, 1.54) is 11.1 Å². The second-order valence-electron chi connectivity index (χ2n) is 1.92. The van der Waals surface area contributed by atoms with Gasteiger partial charge in [0.25, 0.3) is 0 Å². The molecule has 0 heterocycles. The van der Waals surface area contributed by atoms with Crippen LogP contribution in [0.2, 0.25) is 0 Å². The molecule has 0 aliphatic carbocycles. The molecule has 0 aromatic heterocycles. The van der Waals surface area contributed by atoms with Crippen molar-refractivity contribution in [3.63, 3.8) is 0 Å². The monoisotopic (exact) mass is 184 g/mol. The number of rotatable bonds is 4. The zero-order valence-corrected chi connectivity index (χ0v) is 8.58. The van der Waals surface area contributed by atoms with Crippen molar-refractivity contribution in [1.82, 2.24) is 0 Å². The van der Waals surface area contributed by atoms with Gasteiger partial charge in [0, 0.05) is 0 Å². The highest BCUT2D eigenvalue weighted by Gasteiger charge is 2.16. The maximum Gasteiger partial charge on any atom is 0.123 e. The number of hydrogen-bond acceptors (Lipinski definition) is 4. The van der Waals surface area contributed by atoms with Gasteiger partial charge in [-0.1, -0.05) is 10.8 Å². The Labute approximate surface area is 69.3 Å². The first-order valence-electron chi connectivity index (χ1n) is 2.56. The minimum absolute atomic E-state index is 0.0479. The fourth-order valence-corrected chi connectivity index (χ4v) is 1.60. The summed E-state index contributed by atoms with van der Waals surface area (Å²) >= 11 is 3.15. The fraction of sp³-hybridized carbons (Fsp3) is 1.00. The molecule has 0 aliphatic heterocycles. The lowest BCUT2D eigenvalue weighted by molar-refractivity contribution is 0.255. The zero-order chi connectivity index (χ0) is 7.33. The van der Waals surface area contributed by atoms with Gasteiger partial charge < -0.3 is 0 Å². The lowest BCUT2D eigenvalue weighted by Gasteiger charge is -2.19. The van der Waals surface area contributed by atoms with Crippen LogP contribution in [0.4, 0.5) is 0 Å². The predicted molar refractivity (Wildman–Crippen MR) is 49.8 cm³/mol. The molecular weight excluding hydrogens is 172 g/mol. The van der Waals surface area contributed by atoms with E-state index in [0.29, 0.717) is 0 Å². The Balaban J connectivity index is 3.33. The molecule has 0 amide bonds. The Morgan fingerprint density at radius 3 is 2.11 bits per heavy atom. The number of thioether (sulfide) groups is 1. The van der Waals surface area contributed by atoms with Gasteiger partial charge in [-0.05, 0) is 26.4 Å².